The summed E-state index contributed by atoms with van der Waals surface area (Å²) in [6.45, 7) is 21.7. The maximum atomic E-state index is 14.3. The summed E-state index contributed by atoms with van der Waals surface area (Å²) >= 11 is 0. The van der Waals surface area contributed by atoms with Gasteiger partial charge < -0.3 is 15.0 Å². The molecule has 0 aromatic heterocycles. The molecule has 2 fully saturated rings. The van der Waals surface area contributed by atoms with Crippen molar-refractivity contribution in [1.29, 1.82) is 0 Å². The molecule has 222 valence electrons. The first-order chi connectivity index (χ1) is 18.4. The predicted molar refractivity (Wildman–Crippen MR) is 163 cm³/mol. The molecule has 2 aliphatic carbocycles. The van der Waals surface area contributed by atoms with E-state index in [9.17, 15) is 9.59 Å². The number of carbonyl (C=O) groups is 2. The summed E-state index contributed by atoms with van der Waals surface area (Å²) in [5.41, 5.74) is 0.302. The molecular weight excluding hydrogens is 496 g/mol. The summed E-state index contributed by atoms with van der Waals surface area (Å²) < 4.78 is 7.26. The lowest BCUT2D eigenvalue weighted by Crippen LogP contribution is -2.61. The Morgan fingerprint density at radius 3 is 2.25 bits per heavy atom. The van der Waals surface area contributed by atoms with Crippen LogP contribution in [0.4, 0.5) is 0 Å². The number of benzene rings is 1. The molecule has 1 aromatic rings. The lowest BCUT2D eigenvalue weighted by Gasteiger charge is -2.61. The smallest absolute Gasteiger partial charge is 0.245 e. The highest BCUT2D eigenvalue weighted by Crippen LogP contribution is 2.66. The van der Waals surface area contributed by atoms with Gasteiger partial charge in [-0.25, -0.2) is 0 Å². The quantitative estimate of drug-likeness (QED) is 0.371. The Morgan fingerprint density at radius 2 is 1.62 bits per heavy atom. The zero-order valence-corrected chi connectivity index (χ0v) is 26.9. The van der Waals surface area contributed by atoms with Gasteiger partial charge in [0.05, 0.1) is 17.6 Å². The Hall–Kier alpha value is -2.14. The standard InChI is InChI=1S/C35H54N2O3/c1-25-17-18-27-31(5,6)19-14-20-34(27,10)35(25)22-21-33(9,40-35)23-28(38)37(24-26-15-12-11-13-16-26)32(7,8)29(39)36-30(2,3)4/h11-13,15-17,27H,14,18-24H2,1-10H3,(H,36,39)/t27-,33-,34-,35+/m0/s1. The van der Waals surface area contributed by atoms with Crippen molar-refractivity contribution in [1.82, 2.24) is 10.2 Å². The van der Waals surface area contributed by atoms with Crippen LogP contribution in [0.1, 0.15) is 120 Å². The summed E-state index contributed by atoms with van der Waals surface area (Å²) in [6, 6.07) is 9.96. The molecule has 4 atom stereocenters. The van der Waals surface area contributed by atoms with E-state index in [1.165, 1.54) is 18.4 Å². The Kier molecular flexibility index (Phi) is 7.93. The van der Waals surface area contributed by atoms with Gasteiger partial charge in [-0.05, 0) is 103 Å². The van der Waals surface area contributed by atoms with E-state index in [2.05, 4.69) is 46.0 Å². The summed E-state index contributed by atoms with van der Waals surface area (Å²) in [5, 5.41) is 3.11. The summed E-state index contributed by atoms with van der Waals surface area (Å²) in [4.78, 5) is 29.6. The van der Waals surface area contributed by atoms with Crippen molar-refractivity contribution in [2.24, 2.45) is 16.7 Å². The number of carbonyl (C=O) groups excluding carboxylic acids is 2. The fourth-order valence-electron chi connectivity index (χ4n) is 8.26. The van der Waals surface area contributed by atoms with Crippen LogP contribution >= 0.6 is 0 Å². The van der Waals surface area contributed by atoms with Crippen molar-refractivity contribution >= 4 is 11.8 Å². The third-order valence-corrected chi connectivity index (χ3v) is 10.6. The molecule has 5 heteroatoms. The molecule has 1 N–H and O–H groups in total. The highest BCUT2D eigenvalue weighted by atomic mass is 16.5. The maximum Gasteiger partial charge on any atom is 0.245 e. The van der Waals surface area contributed by atoms with Crippen LogP contribution in [0.25, 0.3) is 0 Å². The first-order valence-electron chi connectivity index (χ1n) is 15.4. The molecule has 0 radical (unpaired) electrons. The summed E-state index contributed by atoms with van der Waals surface area (Å²) in [6.07, 6.45) is 9.20. The van der Waals surface area contributed by atoms with E-state index < -0.39 is 16.7 Å². The molecule has 1 aliphatic heterocycles. The summed E-state index contributed by atoms with van der Waals surface area (Å²) in [5.74, 6) is 0.370. The highest BCUT2D eigenvalue weighted by molar-refractivity contribution is 5.91. The minimum absolute atomic E-state index is 0.0411. The number of hydrogen-bond donors (Lipinski definition) is 1. The van der Waals surface area contributed by atoms with Gasteiger partial charge in [0.15, 0.2) is 0 Å². The van der Waals surface area contributed by atoms with Gasteiger partial charge in [0.25, 0.3) is 0 Å². The van der Waals surface area contributed by atoms with Crippen LogP contribution in [-0.2, 0) is 20.9 Å². The van der Waals surface area contributed by atoms with Crippen LogP contribution in [0.2, 0.25) is 0 Å². The van der Waals surface area contributed by atoms with Gasteiger partial charge in [0.2, 0.25) is 11.8 Å². The van der Waals surface area contributed by atoms with Crippen LogP contribution in [0, 0.1) is 16.7 Å². The van der Waals surface area contributed by atoms with Gasteiger partial charge in [-0.1, -0.05) is 63.6 Å². The Bertz CT molecular complexity index is 1150. The van der Waals surface area contributed by atoms with Crippen molar-refractivity contribution in [3.05, 3.63) is 47.5 Å². The van der Waals surface area contributed by atoms with Gasteiger partial charge >= 0.3 is 0 Å². The Labute approximate surface area is 243 Å². The van der Waals surface area contributed by atoms with Crippen molar-refractivity contribution < 1.29 is 14.3 Å². The van der Waals surface area contributed by atoms with Crippen molar-refractivity contribution in [2.75, 3.05) is 0 Å². The number of nitrogens with zero attached hydrogens (tertiary/aromatic N) is 1. The number of rotatable bonds is 6. The van der Waals surface area contributed by atoms with Gasteiger partial charge in [-0.15, -0.1) is 0 Å². The van der Waals surface area contributed by atoms with Crippen LogP contribution in [-0.4, -0.2) is 39.0 Å². The fraction of sp³-hybridized carbons (Fsp3) is 0.714. The molecule has 3 aliphatic rings. The second kappa shape index (κ2) is 10.3. The Morgan fingerprint density at radius 1 is 0.975 bits per heavy atom. The normalized spacial score (nSPS) is 31.9. The van der Waals surface area contributed by atoms with E-state index >= 15 is 0 Å². The lowest BCUT2D eigenvalue weighted by atomic mass is 9.46. The number of allylic oxidation sites excluding steroid dienone is 1. The number of hydrogen-bond acceptors (Lipinski definition) is 3. The SMILES string of the molecule is CC1=CC[C@H]2C(C)(C)CCC[C@]2(C)[C@@]12CC[C@@](C)(CC(=O)N(Cc1ccccc1)C(C)(C)C(=O)NC(C)(C)C)O2. The molecule has 0 bridgehead atoms. The van der Waals surface area contributed by atoms with Gasteiger partial charge in [-0.2, -0.15) is 0 Å². The second-order valence-corrected chi connectivity index (χ2v) is 15.7. The predicted octanol–water partition coefficient (Wildman–Crippen LogP) is 7.59. The zero-order valence-electron chi connectivity index (χ0n) is 26.9. The molecule has 1 aromatic carbocycles. The Balaban J connectivity index is 1.63. The zero-order chi connectivity index (χ0) is 29.8. The number of ether oxygens (including phenoxy) is 1. The molecule has 0 unspecified atom stereocenters. The van der Waals surface area contributed by atoms with E-state index in [-0.39, 0.29) is 34.7 Å². The average molecular weight is 551 g/mol. The van der Waals surface area contributed by atoms with Crippen molar-refractivity contribution in [3.63, 3.8) is 0 Å². The third-order valence-electron chi connectivity index (χ3n) is 10.6. The molecular formula is C35H54N2O3. The van der Waals surface area contributed by atoms with Crippen molar-refractivity contribution in [3.8, 4) is 0 Å². The van der Waals surface area contributed by atoms with Gasteiger partial charge in [0.1, 0.15) is 5.54 Å². The fourth-order valence-corrected chi connectivity index (χ4v) is 8.26. The molecule has 2 amide bonds. The number of amides is 2. The molecule has 40 heavy (non-hydrogen) atoms. The van der Waals surface area contributed by atoms with Gasteiger partial charge in [-0.3, -0.25) is 9.59 Å². The molecule has 5 nitrogen and oxygen atoms in total. The average Bonchev–Trinajstić information content (AvgIpc) is 3.18. The van der Waals surface area contributed by atoms with E-state index in [1.807, 2.05) is 65.0 Å². The molecule has 1 spiro atoms. The van der Waals surface area contributed by atoms with Crippen LogP contribution < -0.4 is 5.32 Å². The topological polar surface area (TPSA) is 58.6 Å². The van der Waals surface area contributed by atoms with Crippen LogP contribution in [0.5, 0.6) is 0 Å². The molecule has 1 saturated carbocycles. The number of fused-ring (bicyclic) bond motifs is 2. The minimum Gasteiger partial charge on any atom is -0.363 e. The first kappa shape index (κ1) is 30.8. The number of nitrogens with one attached hydrogen (secondary N) is 1. The van der Waals surface area contributed by atoms with E-state index in [4.69, 9.17) is 4.74 Å². The van der Waals surface area contributed by atoms with Crippen molar-refractivity contribution in [2.45, 2.75) is 143 Å². The molecule has 1 heterocycles. The molecule has 4 rings (SSSR count). The third kappa shape index (κ3) is 5.52. The largest absolute Gasteiger partial charge is 0.363 e. The van der Waals surface area contributed by atoms with Crippen LogP contribution in [0.3, 0.4) is 0 Å². The van der Waals surface area contributed by atoms with Gasteiger partial charge in [0, 0.05) is 17.5 Å². The summed E-state index contributed by atoms with van der Waals surface area (Å²) in [7, 11) is 0. The molecule has 1 saturated heterocycles. The van der Waals surface area contributed by atoms with E-state index in [0.29, 0.717) is 12.5 Å². The minimum atomic E-state index is -1.03. The van der Waals surface area contributed by atoms with E-state index in [1.54, 1.807) is 4.90 Å². The van der Waals surface area contributed by atoms with E-state index in [0.717, 1.165) is 31.2 Å². The monoisotopic (exact) mass is 550 g/mol. The second-order valence-electron chi connectivity index (χ2n) is 15.7. The van der Waals surface area contributed by atoms with Crippen LogP contribution in [0.15, 0.2) is 42.0 Å². The lowest BCUT2D eigenvalue weighted by molar-refractivity contribution is -0.193. The first-order valence-corrected chi connectivity index (χ1v) is 15.4. The maximum absolute atomic E-state index is 14.3. The highest BCUT2D eigenvalue weighted by Gasteiger charge is 2.64.